The minimum Gasteiger partial charge on any atom is -0.489 e. The standard InChI is InChI=1S/C25H23NO/c1-19-6-4-7-21(16-19)18-27-23-14-12-20(13-15-23)17-26-25-11-5-9-22-8-2-3-10-24(22)25/h2-16,26H,17-18H2,1H3. The first-order valence-electron chi connectivity index (χ1n) is 9.27. The molecule has 0 aliphatic carbocycles. The molecule has 2 heteroatoms. The van der Waals surface area contributed by atoms with E-state index >= 15 is 0 Å². The van der Waals surface area contributed by atoms with Crippen LogP contribution in [0.4, 0.5) is 5.69 Å². The molecule has 4 rings (SSSR count). The van der Waals surface area contributed by atoms with E-state index in [0.717, 1.165) is 18.0 Å². The zero-order valence-electron chi connectivity index (χ0n) is 15.5. The molecule has 0 amide bonds. The fourth-order valence-corrected chi connectivity index (χ4v) is 3.25. The Labute approximate surface area is 160 Å². The third kappa shape index (κ3) is 4.29. The second-order valence-corrected chi connectivity index (χ2v) is 6.80. The molecular weight excluding hydrogens is 330 g/mol. The normalized spacial score (nSPS) is 10.7. The molecule has 0 bridgehead atoms. The van der Waals surface area contributed by atoms with Gasteiger partial charge in [0.15, 0.2) is 0 Å². The van der Waals surface area contributed by atoms with E-state index in [0.29, 0.717) is 6.61 Å². The van der Waals surface area contributed by atoms with Crippen LogP contribution < -0.4 is 10.1 Å². The number of hydrogen-bond donors (Lipinski definition) is 1. The Morgan fingerprint density at radius 2 is 1.52 bits per heavy atom. The summed E-state index contributed by atoms with van der Waals surface area (Å²) in [6.45, 7) is 3.47. The maximum atomic E-state index is 5.90. The van der Waals surface area contributed by atoms with Crippen LogP contribution in [-0.4, -0.2) is 0 Å². The van der Waals surface area contributed by atoms with Gasteiger partial charge in [0.05, 0.1) is 0 Å². The van der Waals surface area contributed by atoms with E-state index in [4.69, 9.17) is 4.74 Å². The van der Waals surface area contributed by atoms with Crippen molar-refractivity contribution >= 4 is 16.5 Å². The molecule has 27 heavy (non-hydrogen) atoms. The van der Waals surface area contributed by atoms with Crippen molar-refractivity contribution in [1.82, 2.24) is 0 Å². The van der Waals surface area contributed by atoms with Crippen molar-refractivity contribution in [3.63, 3.8) is 0 Å². The molecule has 0 heterocycles. The lowest BCUT2D eigenvalue weighted by Crippen LogP contribution is -2.00. The Kier molecular flexibility index (Phi) is 5.06. The van der Waals surface area contributed by atoms with Gasteiger partial charge in [-0.1, -0.05) is 78.4 Å². The molecule has 0 fully saturated rings. The molecule has 134 valence electrons. The van der Waals surface area contributed by atoms with Crippen LogP contribution in [0.3, 0.4) is 0 Å². The third-order valence-electron chi connectivity index (χ3n) is 4.68. The molecule has 0 saturated carbocycles. The van der Waals surface area contributed by atoms with Gasteiger partial charge in [0.1, 0.15) is 12.4 Å². The zero-order chi connectivity index (χ0) is 18.5. The minimum atomic E-state index is 0.593. The summed E-state index contributed by atoms with van der Waals surface area (Å²) < 4.78 is 5.90. The molecule has 1 N–H and O–H groups in total. The molecule has 4 aromatic rings. The highest BCUT2D eigenvalue weighted by Gasteiger charge is 2.01. The fraction of sp³-hybridized carbons (Fsp3) is 0.120. The molecule has 0 radical (unpaired) electrons. The molecule has 0 spiro atoms. The number of hydrogen-bond acceptors (Lipinski definition) is 2. The Morgan fingerprint density at radius 3 is 2.37 bits per heavy atom. The molecule has 4 aromatic carbocycles. The smallest absolute Gasteiger partial charge is 0.119 e. The lowest BCUT2D eigenvalue weighted by atomic mass is 10.1. The summed E-state index contributed by atoms with van der Waals surface area (Å²) in [4.78, 5) is 0. The number of benzene rings is 4. The van der Waals surface area contributed by atoms with Crippen LogP contribution in [0.1, 0.15) is 16.7 Å². The number of aryl methyl sites for hydroxylation is 1. The molecule has 0 aliphatic rings. The quantitative estimate of drug-likeness (QED) is 0.437. The van der Waals surface area contributed by atoms with E-state index < -0.39 is 0 Å². The van der Waals surface area contributed by atoms with Gasteiger partial charge in [0.2, 0.25) is 0 Å². The number of ether oxygens (including phenoxy) is 1. The van der Waals surface area contributed by atoms with Gasteiger partial charge in [-0.15, -0.1) is 0 Å². The van der Waals surface area contributed by atoms with E-state index in [1.165, 1.54) is 27.5 Å². The van der Waals surface area contributed by atoms with Gasteiger partial charge in [-0.25, -0.2) is 0 Å². The summed E-state index contributed by atoms with van der Waals surface area (Å²) >= 11 is 0. The van der Waals surface area contributed by atoms with Crippen molar-refractivity contribution < 1.29 is 4.74 Å². The first kappa shape index (κ1) is 17.2. The maximum absolute atomic E-state index is 5.90. The molecule has 0 unspecified atom stereocenters. The van der Waals surface area contributed by atoms with Crippen molar-refractivity contribution in [2.75, 3.05) is 5.32 Å². The second-order valence-electron chi connectivity index (χ2n) is 6.80. The largest absolute Gasteiger partial charge is 0.489 e. The van der Waals surface area contributed by atoms with E-state index in [1.807, 2.05) is 12.1 Å². The van der Waals surface area contributed by atoms with E-state index in [9.17, 15) is 0 Å². The van der Waals surface area contributed by atoms with Crippen molar-refractivity contribution in [3.05, 3.63) is 108 Å². The lowest BCUT2D eigenvalue weighted by molar-refractivity contribution is 0.306. The summed E-state index contributed by atoms with van der Waals surface area (Å²) in [5, 5.41) is 6.05. The predicted octanol–water partition coefficient (Wildman–Crippen LogP) is 6.34. The van der Waals surface area contributed by atoms with Crippen LogP contribution in [0.15, 0.2) is 91.0 Å². The summed E-state index contributed by atoms with van der Waals surface area (Å²) in [5.74, 6) is 0.894. The average Bonchev–Trinajstić information content (AvgIpc) is 2.71. The maximum Gasteiger partial charge on any atom is 0.119 e. The fourth-order valence-electron chi connectivity index (χ4n) is 3.25. The van der Waals surface area contributed by atoms with E-state index in [1.54, 1.807) is 0 Å². The highest BCUT2D eigenvalue weighted by Crippen LogP contribution is 2.24. The Hall–Kier alpha value is -3.26. The van der Waals surface area contributed by atoms with Gasteiger partial charge in [-0.2, -0.15) is 0 Å². The van der Waals surface area contributed by atoms with Crippen molar-refractivity contribution in [1.29, 1.82) is 0 Å². The van der Waals surface area contributed by atoms with Gasteiger partial charge in [-0.05, 0) is 41.6 Å². The van der Waals surface area contributed by atoms with Crippen molar-refractivity contribution in [2.24, 2.45) is 0 Å². The Balaban J connectivity index is 1.37. The highest BCUT2D eigenvalue weighted by atomic mass is 16.5. The Morgan fingerprint density at radius 1 is 0.741 bits per heavy atom. The van der Waals surface area contributed by atoms with Gasteiger partial charge < -0.3 is 10.1 Å². The number of anilines is 1. The van der Waals surface area contributed by atoms with E-state index in [2.05, 4.69) is 91.1 Å². The average molecular weight is 353 g/mol. The molecular formula is C25H23NO. The molecule has 0 saturated heterocycles. The van der Waals surface area contributed by atoms with Gasteiger partial charge >= 0.3 is 0 Å². The molecule has 0 atom stereocenters. The predicted molar refractivity (Wildman–Crippen MR) is 113 cm³/mol. The number of fused-ring (bicyclic) bond motifs is 1. The van der Waals surface area contributed by atoms with Gasteiger partial charge in [0, 0.05) is 17.6 Å². The van der Waals surface area contributed by atoms with Crippen LogP contribution in [-0.2, 0) is 13.2 Å². The Bertz CT molecular complexity index is 1030. The number of rotatable bonds is 6. The van der Waals surface area contributed by atoms with Crippen LogP contribution in [0.5, 0.6) is 5.75 Å². The van der Waals surface area contributed by atoms with Crippen LogP contribution >= 0.6 is 0 Å². The van der Waals surface area contributed by atoms with Crippen LogP contribution in [0.2, 0.25) is 0 Å². The third-order valence-corrected chi connectivity index (χ3v) is 4.68. The van der Waals surface area contributed by atoms with Crippen LogP contribution in [0, 0.1) is 6.92 Å². The topological polar surface area (TPSA) is 21.3 Å². The number of nitrogens with one attached hydrogen (secondary N) is 1. The highest BCUT2D eigenvalue weighted by molar-refractivity contribution is 5.93. The summed E-state index contributed by atoms with van der Waals surface area (Å²) in [6, 6.07) is 31.5. The summed E-state index contributed by atoms with van der Waals surface area (Å²) in [6.07, 6.45) is 0. The van der Waals surface area contributed by atoms with Crippen LogP contribution in [0.25, 0.3) is 10.8 Å². The van der Waals surface area contributed by atoms with E-state index in [-0.39, 0.29) is 0 Å². The summed E-state index contributed by atoms with van der Waals surface area (Å²) in [7, 11) is 0. The first-order valence-corrected chi connectivity index (χ1v) is 9.27. The van der Waals surface area contributed by atoms with Gasteiger partial charge in [-0.3, -0.25) is 0 Å². The zero-order valence-corrected chi connectivity index (χ0v) is 15.5. The SMILES string of the molecule is Cc1cccc(COc2ccc(CNc3cccc4ccccc34)cc2)c1. The molecule has 0 aliphatic heterocycles. The molecule has 2 nitrogen and oxygen atoms in total. The minimum absolute atomic E-state index is 0.593. The van der Waals surface area contributed by atoms with Crippen molar-refractivity contribution in [2.45, 2.75) is 20.1 Å². The molecule has 0 aromatic heterocycles. The van der Waals surface area contributed by atoms with Crippen molar-refractivity contribution in [3.8, 4) is 5.75 Å². The van der Waals surface area contributed by atoms with Gasteiger partial charge in [0.25, 0.3) is 0 Å². The second kappa shape index (κ2) is 7.96. The lowest BCUT2D eigenvalue weighted by Gasteiger charge is -2.11. The monoisotopic (exact) mass is 353 g/mol. The first-order chi connectivity index (χ1) is 13.3. The summed E-state index contributed by atoms with van der Waals surface area (Å²) in [5.41, 5.74) is 4.83.